The predicted molar refractivity (Wildman–Crippen MR) is 118 cm³/mol. The molecule has 1 amide bonds. The summed E-state index contributed by atoms with van der Waals surface area (Å²) in [5.41, 5.74) is 1.97. The van der Waals surface area contributed by atoms with Crippen LogP contribution in [-0.2, 0) is 20.6 Å². The number of anilines is 1. The van der Waals surface area contributed by atoms with Crippen molar-refractivity contribution in [1.29, 1.82) is 0 Å². The van der Waals surface area contributed by atoms with Crippen molar-refractivity contribution in [3.8, 4) is 0 Å². The van der Waals surface area contributed by atoms with Crippen LogP contribution in [0.4, 0.5) is 5.69 Å². The van der Waals surface area contributed by atoms with Gasteiger partial charge < -0.3 is 5.32 Å². The third-order valence-corrected chi connectivity index (χ3v) is 7.97. The van der Waals surface area contributed by atoms with Crippen molar-refractivity contribution in [2.45, 2.75) is 25.5 Å². The predicted octanol–water partition coefficient (Wildman–Crippen LogP) is 5.14. The monoisotopic (exact) mass is 474 g/mol. The summed E-state index contributed by atoms with van der Waals surface area (Å²) in [6, 6.07) is 10.1. The van der Waals surface area contributed by atoms with Gasteiger partial charge in [0, 0.05) is 23.8 Å². The van der Waals surface area contributed by atoms with Crippen LogP contribution < -0.4 is 5.32 Å². The smallest absolute Gasteiger partial charge is 0.228 e. The van der Waals surface area contributed by atoms with Crippen LogP contribution in [0, 0.1) is 12.8 Å². The van der Waals surface area contributed by atoms with E-state index in [-0.39, 0.29) is 18.2 Å². The van der Waals surface area contributed by atoms with Crippen LogP contribution in [0.15, 0.2) is 36.4 Å². The highest BCUT2D eigenvalue weighted by atomic mass is 35.5. The first kappa shape index (κ1) is 22.4. The molecule has 1 fully saturated rings. The van der Waals surface area contributed by atoms with Crippen molar-refractivity contribution in [2.75, 3.05) is 18.4 Å². The number of carbonyl (C=O) groups is 1. The number of benzene rings is 2. The van der Waals surface area contributed by atoms with Gasteiger partial charge in [-0.3, -0.25) is 4.79 Å². The van der Waals surface area contributed by atoms with Crippen molar-refractivity contribution in [1.82, 2.24) is 4.31 Å². The van der Waals surface area contributed by atoms with Crippen molar-refractivity contribution in [3.05, 3.63) is 62.6 Å². The summed E-state index contributed by atoms with van der Waals surface area (Å²) in [6.45, 7) is 2.37. The molecule has 1 aliphatic rings. The maximum absolute atomic E-state index is 12.9. The summed E-state index contributed by atoms with van der Waals surface area (Å²) < 4.78 is 27.1. The first-order chi connectivity index (χ1) is 13.7. The number of rotatable bonds is 5. The van der Waals surface area contributed by atoms with Crippen LogP contribution in [0.5, 0.6) is 0 Å². The molecule has 1 aliphatic heterocycles. The number of nitrogens with zero attached hydrogens (tertiary/aromatic N) is 1. The van der Waals surface area contributed by atoms with Crippen molar-refractivity contribution >= 4 is 56.4 Å². The Bertz CT molecular complexity index is 1030. The average Bonchev–Trinajstić information content (AvgIpc) is 2.68. The van der Waals surface area contributed by atoms with E-state index in [0.29, 0.717) is 45.7 Å². The molecule has 1 atom stereocenters. The molecule has 0 aromatic heterocycles. The molecule has 29 heavy (non-hydrogen) atoms. The highest BCUT2D eigenvalue weighted by Crippen LogP contribution is 2.28. The summed E-state index contributed by atoms with van der Waals surface area (Å²) in [5, 5.41) is 4.13. The Morgan fingerprint density at radius 3 is 2.62 bits per heavy atom. The highest BCUT2D eigenvalue weighted by molar-refractivity contribution is 7.88. The lowest BCUT2D eigenvalue weighted by Crippen LogP contribution is -2.44. The molecular formula is C20H21Cl3N2O3S. The third kappa shape index (κ3) is 5.44. The first-order valence-corrected chi connectivity index (χ1v) is 11.9. The van der Waals surface area contributed by atoms with E-state index in [4.69, 9.17) is 34.8 Å². The minimum absolute atomic E-state index is 0.148. The molecule has 156 valence electrons. The molecule has 0 saturated carbocycles. The number of carbonyl (C=O) groups excluding carboxylic acids is 1. The van der Waals surface area contributed by atoms with Crippen LogP contribution in [0.1, 0.15) is 24.0 Å². The quantitative estimate of drug-likeness (QED) is 0.651. The number of halogens is 3. The zero-order chi connectivity index (χ0) is 21.2. The van der Waals surface area contributed by atoms with Crippen molar-refractivity contribution in [2.24, 2.45) is 5.92 Å². The second kappa shape index (κ2) is 9.23. The summed E-state index contributed by atoms with van der Waals surface area (Å²) >= 11 is 18.0. The second-order valence-electron chi connectivity index (χ2n) is 7.10. The Balaban J connectivity index is 1.69. The number of sulfonamides is 1. The van der Waals surface area contributed by atoms with E-state index in [2.05, 4.69) is 5.32 Å². The van der Waals surface area contributed by atoms with Crippen LogP contribution in [0.25, 0.3) is 0 Å². The molecule has 0 bridgehead atoms. The standard InChI is InChI=1S/C20H21Cl3N2O3S/c1-13-16(21)5-2-6-19(13)24-20(26)15-4-3-9-25(11-15)29(27,28)12-14-7-8-17(22)18(23)10-14/h2,5-8,10,15H,3-4,9,11-12H2,1H3,(H,24,26)/t15-/m0/s1. The van der Waals surface area contributed by atoms with Crippen LogP contribution in [0.2, 0.25) is 15.1 Å². The van der Waals surface area contributed by atoms with E-state index in [1.165, 1.54) is 4.31 Å². The van der Waals surface area contributed by atoms with Crippen LogP contribution in [0.3, 0.4) is 0 Å². The van der Waals surface area contributed by atoms with Gasteiger partial charge >= 0.3 is 0 Å². The van der Waals surface area contributed by atoms with E-state index < -0.39 is 15.9 Å². The van der Waals surface area contributed by atoms with E-state index in [9.17, 15) is 13.2 Å². The fourth-order valence-electron chi connectivity index (χ4n) is 3.32. The van der Waals surface area contributed by atoms with Gasteiger partial charge in [-0.25, -0.2) is 12.7 Å². The maximum Gasteiger partial charge on any atom is 0.228 e. The average molecular weight is 476 g/mol. The maximum atomic E-state index is 12.9. The second-order valence-corrected chi connectivity index (χ2v) is 10.3. The molecule has 0 radical (unpaired) electrons. The Hall–Kier alpha value is -1.31. The van der Waals surface area contributed by atoms with Gasteiger partial charge in [-0.05, 0) is 55.2 Å². The van der Waals surface area contributed by atoms with E-state index in [0.717, 1.165) is 5.56 Å². The highest BCUT2D eigenvalue weighted by Gasteiger charge is 2.32. The third-order valence-electron chi connectivity index (χ3n) is 5.01. The van der Waals surface area contributed by atoms with Crippen LogP contribution >= 0.6 is 34.8 Å². The molecule has 0 aliphatic carbocycles. The Morgan fingerprint density at radius 2 is 1.90 bits per heavy atom. The molecule has 1 heterocycles. The summed E-state index contributed by atoms with van der Waals surface area (Å²) in [6.07, 6.45) is 1.25. The zero-order valence-corrected chi connectivity index (χ0v) is 18.9. The number of piperidine rings is 1. The molecule has 0 unspecified atom stereocenters. The van der Waals surface area contributed by atoms with Crippen LogP contribution in [-0.4, -0.2) is 31.7 Å². The van der Waals surface area contributed by atoms with E-state index in [1.54, 1.807) is 36.4 Å². The van der Waals surface area contributed by atoms with E-state index in [1.807, 2.05) is 6.92 Å². The number of hydrogen-bond donors (Lipinski definition) is 1. The Kier molecular flexibility index (Phi) is 7.12. The van der Waals surface area contributed by atoms with Gasteiger partial charge in [0.05, 0.1) is 21.7 Å². The van der Waals surface area contributed by atoms with E-state index >= 15 is 0 Å². The molecule has 1 saturated heterocycles. The topological polar surface area (TPSA) is 66.5 Å². The lowest BCUT2D eigenvalue weighted by Gasteiger charge is -2.31. The van der Waals surface area contributed by atoms with Gasteiger partial charge in [0.2, 0.25) is 15.9 Å². The Morgan fingerprint density at radius 1 is 1.14 bits per heavy atom. The fraction of sp³-hybridized carbons (Fsp3) is 0.350. The van der Waals surface area contributed by atoms with Gasteiger partial charge in [0.15, 0.2) is 0 Å². The molecule has 9 heteroatoms. The minimum Gasteiger partial charge on any atom is -0.326 e. The molecule has 3 rings (SSSR count). The SMILES string of the molecule is Cc1c(Cl)cccc1NC(=O)[C@H]1CCCN(S(=O)(=O)Cc2ccc(Cl)c(Cl)c2)C1. The first-order valence-electron chi connectivity index (χ1n) is 9.15. The number of nitrogens with one attached hydrogen (secondary N) is 1. The van der Waals surface area contributed by atoms with Crippen molar-refractivity contribution < 1.29 is 13.2 Å². The van der Waals surface area contributed by atoms with Gasteiger partial charge in [-0.15, -0.1) is 0 Å². The molecule has 0 spiro atoms. The molecule has 5 nitrogen and oxygen atoms in total. The fourth-order valence-corrected chi connectivity index (χ4v) is 5.41. The zero-order valence-electron chi connectivity index (χ0n) is 15.8. The molecule has 2 aromatic rings. The lowest BCUT2D eigenvalue weighted by atomic mass is 9.98. The number of amides is 1. The number of hydrogen-bond acceptors (Lipinski definition) is 3. The van der Waals surface area contributed by atoms with Crippen molar-refractivity contribution in [3.63, 3.8) is 0 Å². The van der Waals surface area contributed by atoms with Gasteiger partial charge in [-0.1, -0.05) is 46.9 Å². The van der Waals surface area contributed by atoms with Gasteiger partial charge in [0.25, 0.3) is 0 Å². The Labute approximate surface area is 186 Å². The largest absolute Gasteiger partial charge is 0.326 e. The molecule has 2 aromatic carbocycles. The summed E-state index contributed by atoms with van der Waals surface area (Å²) in [4.78, 5) is 12.7. The lowest BCUT2D eigenvalue weighted by molar-refractivity contribution is -0.120. The molecule has 1 N–H and O–H groups in total. The summed E-state index contributed by atoms with van der Waals surface area (Å²) in [5.74, 6) is -0.818. The van der Waals surface area contributed by atoms with Gasteiger partial charge in [0.1, 0.15) is 0 Å². The normalized spacial score (nSPS) is 17.9. The minimum atomic E-state index is -3.59. The van der Waals surface area contributed by atoms with Gasteiger partial charge in [-0.2, -0.15) is 0 Å². The summed E-state index contributed by atoms with van der Waals surface area (Å²) in [7, 11) is -3.59. The molecular weight excluding hydrogens is 455 g/mol.